The van der Waals surface area contributed by atoms with E-state index in [1.165, 1.54) is 7.11 Å². The van der Waals surface area contributed by atoms with Gasteiger partial charge in [-0.1, -0.05) is 17.7 Å². The van der Waals surface area contributed by atoms with Crippen molar-refractivity contribution in [2.75, 3.05) is 26.6 Å². The number of benzene rings is 1. The number of hydrogen-bond acceptors (Lipinski definition) is 5. The average molecular weight is 385 g/mol. The topological polar surface area (TPSA) is 44.8 Å². The van der Waals surface area contributed by atoms with Crippen molar-refractivity contribution in [3.8, 4) is 0 Å². The molecule has 1 aromatic rings. The largest absolute Gasteiger partial charge is 0.469 e. The van der Waals surface area contributed by atoms with Crippen molar-refractivity contribution in [1.29, 1.82) is 0 Å². The van der Waals surface area contributed by atoms with Crippen LogP contribution in [0.5, 0.6) is 0 Å². The monoisotopic (exact) mass is 384 g/mol. The summed E-state index contributed by atoms with van der Waals surface area (Å²) >= 11 is 7.94. The Bertz CT molecular complexity index is 615. The van der Waals surface area contributed by atoms with Crippen LogP contribution in [0.3, 0.4) is 0 Å². The lowest BCUT2D eigenvalue weighted by Gasteiger charge is -2.34. The summed E-state index contributed by atoms with van der Waals surface area (Å²) < 4.78 is 16.9. The second kappa shape index (κ2) is 8.30. The molecule has 2 aliphatic rings. The summed E-state index contributed by atoms with van der Waals surface area (Å²) in [6.07, 6.45) is 6.42. The molecule has 1 aromatic carbocycles. The Morgan fingerprint density at radius 1 is 1.44 bits per heavy atom. The van der Waals surface area contributed by atoms with Crippen molar-refractivity contribution in [3.63, 3.8) is 0 Å². The van der Waals surface area contributed by atoms with E-state index in [4.69, 9.17) is 25.8 Å². The number of hydrogen-bond donors (Lipinski definition) is 0. The van der Waals surface area contributed by atoms with Crippen molar-refractivity contribution < 1.29 is 19.0 Å². The number of esters is 1. The van der Waals surface area contributed by atoms with Gasteiger partial charge in [-0.15, -0.1) is 11.8 Å². The van der Waals surface area contributed by atoms with E-state index in [9.17, 15) is 4.79 Å². The predicted octanol–water partition coefficient (Wildman–Crippen LogP) is 4.64. The SMILES string of the molecule is COC(=O)C(CC1CCC2(C1)OCCCO2)c1ccc(SC)c(Cl)c1. The highest BCUT2D eigenvalue weighted by atomic mass is 35.5. The molecule has 25 heavy (non-hydrogen) atoms. The number of halogens is 1. The Labute approximate surface area is 158 Å². The van der Waals surface area contributed by atoms with Crippen LogP contribution in [-0.2, 0) is 19.0 Å². The van der Waals surface area contributed by atoms with Gasteiger partial charge in [-0.2, -0.15) is 0 Å². The smallest absolute Gasteiger partial charge is 0.313 e. The molecule has 2 atom stereocenters. The zero-order valence-electron chi connectivity index (χ0n) is 14.8. The van der Waals surface area contributed by atoms with E-state index in [1.807, 2.05) is 24.5 Å². The molecule has 0 aromatic heterocycles. The van der Waals surface area contributed by atoms with E-state index < -0.39 is 5.79 Å². The van der Waals surface area contributed by atoms with E-state index in [-0.39, 0.29) is 11.9 Å². The number of ether oxygens (including phenoxy) is 3. The molecule has 0 amide bonds. The van der Waals surface area contributed by atoms with Crippen molar-refractivity contribution >= 4 is 29.3 Å². The highest BCUT2D eigenvalue weighted by molar-refractivity contribution is 7.98. The van der Waals surface area contributed by atoms with E-state index in [0.29, 0.717) is 10.9 Å². The van der Waals surface area contributed by atoms with Gasteiger partial charge in [-0.05, 0) is 49.1 Å². The molecule has 1 heterocycles. The van der Waals surface area contributed by atoms with E-state index >= 15 is 0 Å². The quantitative estimate of drug-likeness (QED) is 0.546. The van der Waals surface area contributed by atoms with Crippen LogP contribution in [0.15, 0.2) is 23.1 Å². The van der Waals surface area contributed by atoms with E-state index in [0.717, 1.165) is 55.8 Å². The maximum Gasteiger partial charge on any atom is 0.313 e. The standard InChI is InChI=1S/C19H25ClO4S/c1-22-18(21)15(14-4-5-17(25-2)16(20)11-14)10-13-6-7-19(12-13)23-8-3-9-24-19/h4-5,11,13,15H,3,6-10,12H2,1-2H3. The van der Waals surface area contributed by atoms with Gasteiger partial charge in [0.05, 0.1) is 31.3 Å². The molecule has 0 N–H and O–H groups in total. The molecule has 1 spiro atoms. The number of methoxy groups -OCH3 is 1. The van der Waals surface area contributed by atoms with Gasteiger partial charge in [-0.3, -0.25) is 4.79 Å². The molecule has 1 aliphatic heterocycles. The van der Waals surface area contributed by atoms with E-state index in [1.54, 1.807) is 11.8 Å². The van der Waals surface area contributed by atoms with Crippen LogP contribution >= 0.6 is 23.4 Å². The molecule has 4 nitrogen and oxygen atoms in total. The molecule has 0 radical (unpaired) electrons. The average Bonchev–Trinajstić information content (AvgIpc) is 3.01. The van der Waals surface area contributed by atoms with Gasteiger partial charge < -0.3 is 14.2 Å². The third-order valence-electron chi connectivity index (χ3n) is 5.19. The number of carbonyl (C=O) groups excluding carboxylic acids is 1. The van der Waals surface area contributed by atoms with Crippen LogP contribution in [0.4, 0.5) is 0 Å². The lowest BCUT2D eigenvalue weighted by atomic mass is 9.87. The third kappa shape index (κ3) is 4.33. The number of carbonyl (C=O) groups is 1. The minimum atomic E-state index is -0.427. The van der Waals surface area contributed by atoms with Gasteiger partial charge in [0.25, 0.3) is 0 Å². The van der Waals surface area contributed by atoms with Crippen LogP contribution < -0.4 is 0 Å². The van der Waals surface area contributed by atoms with Gasteiger partial charge in [0.1, 0.15) is 0 Å². The Hall–Kier alpha value is -0.750. The normalized spacial score (nSPS) is 23.6. The summed E-state index contributed by atoms with van der Waals surface area (Å²) in [4.78, 5) is 13.4. The molecule has 138 valence electrons. The van der Waals surface area contributed by atoms with Crippen LogP contribution in [0.1, 0.15) is 43.6 Å². The highest BCUT2D eigenvalue weighted by Gasteiger charge is 2.43. The van der Waals surface area contributed by atoms with Gasteiger partial charge in [0.15, 0.2) is 5.79 Å². The summed E-state index contributed by atoms with van der Waals surface area (Å²) in [6, 6.07) is 5.85. The van der Waals surface area contributed by atoms with Crippen LogP contribution in [0.25, 0.3) is 0 Å². The first-order valence-electron chi connectivity index (χ1n) is 8.76. The van der Waals surface area contributed by atoms with Crippen molar-refractivity contribution in [3.05, 3.63) is 28.8 Å². The van der Waals surface area contributed by atoms with Crippen molar-refractivity contribution in [2.24, 2.45) is 5.92 Å². The second-order valence-electron chi connectivity index (χ2n) is 6.78. The van der Waals surface area contributed by atoms with Crippen molar-refractivity contribution in [2.45, 2.75) is 48.7 Å². The fourth-order valence-electron chi connectivity index (χ4n) is 3.89. The van der Waals surface area contributed by atoms with Crippen LogP contribution in [0.2, 0.25) is 5.02 Å². The van der Waals surface area contributed by atoms with Gasteiger partial charge >= 0.3 is 5.97 Å². The molecular formula is C19H25ClO4S. The fourth-order valence-corrected chi connectivity index (χ4v) is 4.77. The Morgan fingerprint density at radius 2 is 2.20 bits per heavy atom. The van der Waals surface area contributed by atoms with Crippen LogP contribution in [-0.4, -0.2) is 38.3 Å². The summed E-state index contributed by atoms with van der Waals surface area (Å²) in [6.45, 7) is 1.53. The zero-order valence-corrected chi connectivity index (χ0v) is 16.3. The summed E-state index contributed by atoms with van der Waals surface area (Å²) in [5.74, 6) is -0.563. The predicted molar refractivity (Wildman–Crippen MR) is 99.2 cm³/mol. The third-order valence-corrected chi connectivity index (χ3v) is 6.41. The summed E-state index contributed by atoms with van der Waals surface area (Å²) in [5.41, 5.74) is 0.918. The molecule has 0 bridgehead atoms. The van der Waals surface area contributed by atoms with E-state index in [2.05, 4.69) is 0 Å². The second-order valence-corrected chi connectivity index (χ2v) is 8.03. The minimum Gasteiger partial charge on any atom is -0.469 e. The first-order chi connectivity index (χ1) is 12.1. The molecule has 2 unspecified atom stereocenters. The highest BCUT2D eigenvalue weighted by Crippen LogP contribution is 2.44. The van der Waals surface area contributed by atoms with Gasteiger partial charge in [0, 0.05) is 17.7 Å². The van der Waals surface area contributed by atoms with Gasteiger partial charge in [-0.25, -0.2) is 0 Å². The van der Waals surface area contributed by atoms with Crippen LogP contribution in [0, 0.1) is 5.92 Å². The number of rotatable bonds is 5. The zero-order chi connectivity index (χ0) is 17.9. The van der Waals surface area contributed by atoms with Crippen molar-refractivity contribution in [1.82, 2.24) is 0 Å². The Kier molecular flexibility index (Phi) is 6.31. The Morgan fingerprint density at radius 3 is 2.84 bits per heavy atom. The first-order valence-corrected chi connectivity index (χ1v) is 10.4. The maximum absolute atomic E-state index is 12.4. The molecule has 3 rings (SSSR count). The molecule has 1 aliphatic carbocycles. The number of thioether (sulfide) groups is 1. The molecule has 2 fully saturated rings. The fraction of sp³-hybridized carbons (Fsp3) is 0.632. The molecule has 6 heteroatoms. The minimum absolute atomic E-state index is 0.209. The Balaban J connectivity index is 1.73. The maximum atomic E-state index is 12.4. The first kappa shape index (κ1) is 19.0. The summed E-state index contributed by atoms with van der Waals surface area (Å²) in [5, 5.41) is 0.681. The molecular weight excluding hydrogens is 360 g/mol. The lowest BCUT2D eigenvalue weighted by molar-refractivity contribution is -0.263. The molecule has 1 saturated carbocycles. The van der Waals surface area contributed by atoms with Gasteiger partial charge in [0.2, 0.25) is 0 Å². The summed E-state index contributed by atoms with van der Waals surface area (Å²) in [7, 11) is 1.44. The molecule has 1 saturated heterocycles. The lowest BCUT2D eigenvalue weighted by Crippen LogP contribution is -2.38.